The second-order valence-electron chi connectivity index (χ2n) is 3.57. The highest BCUT2D eigenvalue weighted by molar-refractivity contribution is 4.81. The fourth-order valence-corrected chi connectivity index (χ4v) is 1.60. The fraction of sp³-hybridized carbons (Fsp3) is 0.800. The van der Waals surface area contributed by atoms with Gasteiger partial charge in [0.05, 0.1) is 0 Å². The summed E-state index contributed by atoms with van der Waals surface area (Å²) in [6, 6.07) is 0. The van der Waals surface area contributed by atoms with Crippen LogP contribution in [0.25, 0.3) is 0 Å². The van der Waals surface area contributed by atoms with E-state index in [1.54, 1.807) is 0 Å². The van der Waals surface area contributed by atoms with Crippen LogP contribution in [0.1, 0.15) is 13.3 Å². The van der Waals surface area contributed by atoms with Crippen LogP contribution in [0, 0.1) is 5.92 Å². The number of hydrogen-bond donors (Lipinski definition) is 1. The number of rotatable bonds is 6. The van der Waals surface area contributed by atoms with Crippen LogP contribution in [-0.2, 0) is 0 Å². The van der Waals surface area contributed by atoms with E-state index in [9.17, 15) is 0 Å². The van der Waals surface area contributed by atoms with Crippen molar-refractivity contribution in [1.29, 1.82) is 0 Å². The Morgan fingerprint density at radius 1 is 1.58 bits per heavy atom. The topological polar surface area (TPSA) is 15.3 Å². The molecule has 0 aromatic carbocycles. The number of nitrogens with one attached hydrogen (secondary N) is 1. The molecule has 1 N–H and O–H groups in total. The summed E-state index contributed by atoms with van der Waals surface area (Å²) in [5, 5.41) is 3.30. The summed E-state index contributed by atoms with van der Waals surface area (Å²) >= 11 is 0. The summed E-state index contributed by atoms with van der Waals surface area (Å²) in [6.07, 6.45) is 3.25. The SMILES string of the molecule is C=CCN(CCC)CC1CNC1. The lowest BCUT2D eigenvalue weighted by Gasteiger charge is -2.32. The van der Waals surface area contributed by atoms with E-state index in [0.717, 1.165) is 12.5 Å². The molecule has 0 bridgehead atoms. The zero-order chi connectivity index (χ0) is 8.81. The fourth-order valence-electron chi connectivity index (χ4n) is 1.60. The molecular formula is C10H20N2. The minimum atomic E-state index is 0.886. The van der Waals surface area contributed by atoms with E-state index in [2.05, 4.69) is 23.7 Å². The largest absolute Gasteiger partial charge is 0.316 e. The lowest BCUT2D eigenvalue weighted by molar-refractivity contribution is 0.208. The number of hydrogen-bond acceptors (Lipinski definition) is 2. The molecule has 0 aromatic rings. The van der Waals surface area contributed by atoms with Gasteiger partial charge >= 0.3 is 0 Å². The second kappa shape index (κ2) is 5.33. The van der Waals surface area contributed by atoms with Crippen molar-refractivity contribution < 1.29 is 0 Å². The first-order valence-corrected chi connectivity index (χ1v) is 4.90. The molecule has 0 amide bonds. The first-order valence-electron chi connectivity index (χ1n) is 4.90. The van der Waals surface area contributed by atoms with Crippen molar-refractivity contribution in [2.75, 3.05) is 32.7 Å². The third kappa shape index (κ3) is 2.95. The molecule has 1 rings (SSSR count). The van der Waals surface area contributed by atoms with Gasteiger partial charge in [-0.25, -0.2) is 0 Å². The Bertz CT molecular complexity index is 130. The standard InChI is InChI=1S/C10H20N2/c1-3-5-12(6-4-2)9-10-7-11-8-10/h3,10-11H,1,4-9H2,2H3. The second-order valence-corrected chi connectivity index (χ2v) is 3.57. The van der Waals surface area contributed by atoms with Crippen LogP contribution in [0.15, 0.2) is 12.7 Å². The quantitative estimate of drug-likeness (QED) is 0.598. The van der Waals surface area contributed by atoms with Gasteiger partial charge in [0.2, 0.25) is 0 Å². The molecule has 0 aromatic heterocycles. The molecule has 1 aliphatic heterocycles. The van der Waals surface area contributed by atoms with E-state index in [4.69, 9.17) is 0 Å². The van der Waals surface area contributed by atoms with Gasteiger partial charge in [-0.1, -0.05) is 13.0 Å². The summed E-state index contributed by atoms with van der Waals surface area (Å²) in [4.78, 5) is 2.48. The third-order valence-corrected chi connectivity index (χ3v) is 2.31. The van der Waals surface area contributed by atoms with Gasteiger partial charge in [-0.2, -0.15) is 0 Å². The average molecular weight is 168 g/mol. The molecule has 1 saturated heterocycles. The Balaban J connectivity index is 2.15. The molecule has 70 valence electrons. The Morgan fingerprint density at radius 2 is 2.33 bits per heavy atom. The molecule has 0 aliphatic carbocycles. The average Bonchev–Trinajstić information content (AvgIpc) is 1.97. The van der Waals surface area contributed by atoms with Gasteiger partial charge < -0.3 is 5.32 Å². The lowest BCUT2D eigenvalue weighted by atomic mass is 10.0. The van der Waals surface area contributed by atoms with Gasteiger partial charge in [-0.3, -0.25) is 4.90 Å². The molecule has 0 saturated carbocycles. The molecular weight excluding hydrogens is 148 g/mol. The minimum Gasteiger partial charge on any atom is -0.316 e. The number of nitrogens with zero attached hydrogens (tertiary/aromatic N) is 1. The monoisotopic (exact) mass is 168 g/mol. The van der Waals surface area contributed by atoms with Crippen molar-refractivity contribution >= 4 is 0 Å². The summed E-state index contributed by atoms with van der Waals surface area (Å²) in [5.41, 5.74) is 0. The van der Waals surface area contributed by atoms with Gasteiger partial charge in [0.25, 0.3) is 0 Å². The molecule has 12 heavy (non-hydrogen) atoms. The zero-order valence-electron chi connectivity index (χ0n) is 8.05. The Morgan fingerprint density at radius 3 is 2.75 bits per heavy atom. The predicted molar refractivity (Wildman–Crippen MR) is 53.3 cm³/mol. The highest BCUT2D eigenvalue weighted by atomic mass is 15.1. The molecule has 0 unspecified atom stereocenters. The van der Waals surface area contributed by atoms with Crippen molar-refractivity contribution in [2.45, 2.75) is 13.3 Å². The van der Waals surface area contributed by atoms with Crippen molar-refractivity contribution in [3.05, 3.63) is 12.7 Å². The maximum absolute atomic E-state index is 3.78. The highest BCUT2D eigenvalue weighted by Crippen LogP contribution is 2.06. The molecule has 0 radical (unpaired) electrons. The smallest absolute Gasteiger partial charge is 0.0160 e. The maximum Gasteiger partial charge on any atom is 0.0160 e. The Labute approximate surface area is 75.6 Å². The maximum atomic E-state index is 3.78. The first-order chi connectivity index (χ1) is 5.86. The van der Waals surface area contributed by atoms with Crippen LogP contribution in [0.5, 0.6) is 0 Å². The minimum absolute atomic E-state index is 0.886. The van der Waals surface area contributed by atoms with Crippen LogP contribution in [0.3, 0.4) is 0 Å². The van der Waals surface area contributed by atoms with Crippen LogP contribution in [-0.4, -0.2) is 37.6 Å². The third-order valence-electron chi connectivity index (χ3n) is 2.31. The van der Waals surface area contributed by atoms with Crippen LogP contribution >= 0.6 is 0 Å². The summed E-state index contributed by atoms with van der Waals surface area (Å²) in [5.74, 6) is 0.886. The summed E-state index contributed by atoms with van der Waals surface area (Å²) in [6.45, 7) is 11.9. The molecule has 2 nitrogen and oxygen atoms in total. The van der Waals surface area contributed by atoms with Crippen LogP contribution in [0.4, 0.5) is 0 Å². The molecule has 2 heteroatoms. The Hall–Kier alpha value is -0.340. The van der Waals surface area contributed by atoms with E-state index in [1.165, 1.54) is 32.6 Å². The summed E-state index contributed by atoms with van der Waals surface area (Å²) < 4.78 is 0. The van der Waals surface area contributed by atoms with Crippen molar-refractivity contribution in [3.63, 3.8) is 0 Å². The Kier molecular flexibility index (Phi) is 4.33. The molecule has 0 spiro atoms. The van der Waals surface area contributed by atoms with Gasteiger partial charge in [0.1, 0.15) is 0 Å². The zero-order valence-corrected chi connectivity index (χ0v) is 8.05. The molecule has 1 fully saturated rings. The van der Waals surface area contributed by atoms with Crippen LogP contribution < -0.4 is 5.32 Å². The summed E-state index contributed by atoms with van der Waals surface area (Å²) in [7, 11) is 0. The van der Waals surface area contributed by atoms with E-state index >= 15 is 0 Å². The van der Waals surface area contributed by atoms with Gasteiger partial charge in [0, 0.05) is 26.2 Å². The van der Waals surface area contributed by atoms with Crippen LogP contribution in [0.2, 0.25) is 0 Å². The molecule has 0 atom stereocenters. The van der Waals surface area contributed by atoms with E-state index in [0.29, 0.717) is 0 Å². The van der Waals surface area contributed by atoms with Crippen molar-refractivity contribution in [2.24, 2.45) is 5.92 Å². The van der Waals surface area contributed by atoms with Crippen molar-refractivity contribution in [3.8, 4) is 0 Å². The van der Waals surface area contributed by atoms with E-state index in [-0.39, 0.29) is 0 Å². The van der Waals surface area contributed by atoms with E-state index in [1.807, 2.05) is 6.08 Å². The normalized spacial score (nSPS) is 17.8. The first kappa shape index (κ1) is 9.75. The van der Waals surface area contributed by atoms with Gasteiger partial charge in [-0.15, -0.1) is 6.58 Å². The van der Waals surface area contributed by atoms with E-state index < -0.39 is 0 Å². The lowest BCUT2D eigenvalue weighted by Crippen LogP contribution is -2.48. The molecule has 1 heterocycles. The predicted octanol–water partition coefficient (Wildman–Crippen LogP) is 1.10. The molecule has 1 aliphatic rings. The van der Waals surface area contributed by atoms with Crippen molar-refractivity contribution in [1.82, 2.24) is 10.2 Å². The highest BCUT2D eigenvalue weighted by Gasteiger charge is 2.18. The van der Waals surface area contributed by atoms with Gasteiger partial charge in [-0.05, 0) is 18.9 Å². The van der Waals surface area contributed by atoms with Gasteiger partial charge in [0.15, 0.2) is 0 Å².